The van der Waals surface area contributed by atoms with Gasteiger partial charge in [-0.2, -0.15) is 0 Å². The molecule has 0 aliphatic heterocycles. The Kier molecular flexibility index (Phi) is 6.43. The number of hydrogen-bond acceptors (Lipinski definition) is 5. The normalized spacial score (nSPS) is 10.1. The highest BCUT2D eigenvalue weighted by atomic mass is 32.1. The van der Waals surface area contributed by atoms with E-state index in [0.29, 0.717) is 29.4 Å². The molecular weight excluding hydrogens is 364 g/mol. The molecule has 0 spiro atoms. The molecule has 1 aromatic heterocycles. The van der Waals surface area contributed by atoms with Crippen LogP contribution in [0, 0.1) is 0 Å². The van der Waals surface area contributed by atoms with Crippen LogP contribution >= 0.6 is 11.3 Å². The van der Waals surface area contributed by atoms with Crippen LogP contribution in [-0.4, -0.2) is 25.0 Å². The molecule has 3 rings (SSSR count). The largest absolute Gasteiger partial charge is 0.490 e. The average Bonchev–Trinajstić information content (AvgIpc) is 3.25. The summed E-state index contributed by atoms with van der Waals surface area (Å²) in [7, 11) is 0. The van der Waals surface area contributed by atoms with Gasteiger partial charge in [-0.25, -0.2) is 0 Å². The van der Waals surface area contributed by atoms with Crippen molar-refractivity contribution >= 4 is 23.2 Å². The third-order valence-corrected chi connectivity index (χ3v) is 4.36. The zero-order chi connectivity index (χ0) is 18.9. The van der Waals surface area contributed by atoms with Crippen molar-refractivity contribution < 1.29 is 19.1 Å². The highest BCUT2D eigenvalue weighted by Crippen LogP contribution is 2.14. The predicted octanol–water partition coefficient (Wildman–Crippen LogP) is 3.28. The molecule has 138 valence electrons. The van der Waals surface area contributed by atoms with Gasteiger partial charge in [0.05, 0.1) is 4.88 Å². The van der Waals surface area contributed by atoms with E-state index in [2.05, 4.69) is 10.9 Å². The number of ether oxygens (including phenoxy) is 2. The van der Waals surface area contributed by atoms with Gasteiger partial charge >= 0.3 is 0 Å². The van der Waals surface area contributed by atoms with E-state index in [1.165, 1.54) is 11.3 Å². The number of hydrazine groups is 1. The molecule has 0 aliphatic rings. The molecule has 0 saturated carbocycles. The van der Waals surface area contributed by atoms with Crippen molar-refractivity contribution in [2.75, 3.05) is 13.2 Å². The fourth-order valence-electron chi connectivity index (χ4n) is 2.22. The van der Waals surface area contributed by atoms with E-state index in [9.17, 15) is 9.59 Å². The first-order valence-electron chi connectivity index (χ1n) is 8.27. The van der Waals surface area contributed by atoms with Gasteiger partial charge in [0, 0.05) is 5.56 Å². The summed E-state index contributed by atoms with van der Waals surface area (Å²) in [5.74, 6) is 0.536. The Morgan fingerprint density at radius 3 is 2.22 bits per heavy atom. The standard InChI is InChI=1S/C20H18N2O4S/c23-19(21-22-20(24)18-10-5-13-27-18)15-6-4-9-17(14-15)26-12-11-25-16-7-2-1-3-8-16/h1-10,13-14H,11-12H2,(H,21,23)(H,22,24). The maximum absolute atomic E-state index is 12.2. The average molecular weight is 382 g/mol. The maximum Gasteiger partial charge on any atom is 0.279 e. The molecule has 6 nitrogen and oxygen atoms in total. The van der Waals surface area contributed by atoms with Gasteiger partial charge in [0.15, 0.2) is 0 Å². The molecule has 2 aromatic carbocycles. The molecule has 2 N–H and O–H groups in total. The van der Waals surface area contributed by atoms with Crippen molar-refractivity contribution in [3.05, 3.63) is 82.6 Å². The van der Waals surface area contributed by atoms with Gasteiger partial charge in [-0.15, -0.1) is 11.3 Å². The minimum Gasteiger partial charge on any atom is -0.490 e. The molecule has 2 amide bonds. The Morgan fingerprint density at radius 1 is 0.778 bits per heavy atom. The Bertz CT molecular complexity index is 882. The van der Waals surface area contributed by atoms with Gasteiger partial charge in [-0.3, -0.25) is 20.4 Å². The second kappa shape index (κ2) is 9.40. The van der Waals surface area contributed by atoms with Crippen LogP contribution < -0.4 is 20.3 Å². The minimum absolute atomic E-state index is 0.342. The monoisotopic (exact) mass is 382 g/mol. The number of thiophene rings is 1. The Labute approximate surface area is 160 Å². The molecule has 0 fully saturated rings. The van der Waals surface area contributed by atoms with E-state index in [0.717, 1.165) is 5.75 Å². The summed E-state index contributed by atoms with van der Waals surface area (Å²) in [6, 6.07) is 19.6. The quantitative estimate of drug-likeness (QED) is 0.486. The zero-order valence-corrected chi connectivity index (χ0v) is 15.2. The third kappa shape index (κ3) is 5.58. The number of rotatable bonds is 7. The summed E-state index contributed by atoms with van der Waals surface area (Å²) in [4.78, 5) is 24.5. The minimum atomic E-state index is -0.425. The van der Waals surface area contributed by atoms with Crippen molar-refractivity contribution in [2.45, 2.75) is 0 Å². The summed E-state index contributed by atoms with van der Waals surface area (Å²) >= 11 is 1.30. The fraction of sp³-hybridized carbons (Fsp3) is 0.100. The van der Waals surface area contributed by atoms with Crippen LogP contribution in [0.3, 0.4) is 0 Å². The van der Waals surface area contributed by atoms with Crippen molar-refractivity contribution in [1.82, 2.24) is 10.9 Å². The van der Waals surface area contributed by atoms with Crippen molar-refractivity contribution in [3.63, 3.8) is 0 Å². The first kappa shape index (κ1) is 18.5. The number of carbonyl (C=O) groups is 2. The highest BCUT2D eigenvalue weighted by Gasteiger charge is 2.10. The topological polar surface area (TPSA) is 76.7 Å². The summed E-state index contributed by atoms with van der Waals surface area (Å²) < 4.78 is 11.2. The summed E-state index contributed by atoms with van der Waals surface area (Å²) in [5.41, 5.74) is 5.15. The predicted molar refractivity (Wildman–Crippen MR) is 103 cm³/mol. The van der Waals surface area contributed by atoms with Gasteiger partial charge in [0.2, 0.25) is 0 Å². The molecule has 0 saturated heterocycles. The number of hydrogen-bond donors (Lipinski definition) is 2. The van der Waals surface area contributed by atoms with Crippen LogP contribution in [-0.2, 0) is 0 Å². The fourth-order valence-corrected chi connectivity index (χ4v) is 2.84. The third-order valence-electron chi connectivity index (χ3n) is 3.49. The van der Waals surface area contributed by atoms with Gasteiger partial charge in [-0.05, 0) is 41.8 Å². The van der Waals surface area contributed by atoms with Crippen LogP contribution in [0.4, 0.5) is 0 Å². The van der Waals surface area contributed by atoms with Crippen molar-refractivity contribution in [2.24, 2.45) is 0 Å². The van der Waals surface area contributed by atoms with E-state index in [4.69, 9.17) is 9.47 Å². The Balaban J connectivity index is 1.46. The van der Waals surface area contributed by atoms with Crippen LogP contribution in [0.1, 0.15) is 20.0 Å². The molecule has 0 aliphatic carbocycles. The number of amides is 2. The summed E-state index contributed by atoms with van der Waals surface area (Å²) in [6.45, 7) is 0.729. The molecule has 1 heterocycles. The Hall–Kier alpha value is -3.32. The molecule has 3 aromatic rings. The van der Waals surface area contributed by atoms with E-state index in [1.807, 2.05) is 30.3 Å². The van der Waals surface area contributed by atoms with Gasteiger partial charge in [0.1, 0.15) is 24.7 Å². The lowest BCUT2D eigenvalue weighted by Crippen LogP contribution is -2.41. The van der Waals surface area contributed by atoms with Crippen LogP contribution in [0.5, 0.6) is 11.5 Å². The summed E-state index contributed by atoms with van der Waals surface area (Å²) in [6.07, 6.45) is 0. The van der Waals surface area contributed by atoms with E-state index >= 15 is 0 Å². The second-order valence-electron chi connectivity index (χ2n) is 5.42. The van der Waals surface area contributed by atoms with Crippen molar-refractivity contribution in [3.8, 4) is 11.5 Å². The molecule has 0 bridgehead atoms. The summed E-state index contributed by atoms with van der Waals surface area (Å²) in [5, 5.41) is 1.79. The zero-order valence-electron chi connectivity index (χ0n) is 14.4. The highest BCUT2D eigenvalue weighted by molar-refractivity contribution is 7.12. The lowest BCUT2D eigenvalue weighted by atomic mass is 10.2. The van der Waals surface area contributed by atoms with E-state index in [-0.39, 0.29) is 5.91 Å². The molecule has 7 heteroatoms. The van der Waals surface area contributed by atoms with Gasteiger partial charge in [0.25, 0.3) is 11.8 Å². The number of carbonyl (C=O) groups excluding carboxylic acids is 2. The lowest BCUT2D eigenvalue weighted by molar-refractivity contribution is 0.0848. The second-order valence-corrected chi connectivity index (χ2v) is 6.37. The first-order chi connectivity index (χ1) is 13.2. The number of benzene rings is 2. The Morgan fingerprint density at radius 2 is 1.48 bits per heavy atom. The lowest BCUT2D eigenvalue weighted by Gasteiger charge is -2.10. The SMILES string of the molecule is O=C(NNC(=O)c1cccs1)c1cccc(OCCOc2ccccc2)c1. The van der Waals surface area contributed by atoms with Crippen molar-refractivity contribution in [1.29, 1.82) is 0 Å². The molecule has 0 atom stereocenters. The molecule has 0 radical (unpaired) electrons. The van der Waals surface area contributed by atoms with Crippen LogP contribution in [0.15, 0.2) is 72.1 Å². The molecule has 0 unspecified atom stereocenters. The molecule has 27 heavy (non-hydrogen) atoms. The molecular formula is C20H18N2O4S. The van der Waals surface area contributed by atoms with Gasteiger partial charge < -0.3 is 9.47 Å². The van der Waals surface area contributed by atoms with Crippen LogP contribution in [0.25, 0.3) is 0 Å². The first-order valence-corrected chi connectivity index (χ1v) is 9.15. The number of nitrogens with one attached hydrogen (secondary N) is 2. The number of para-hydroxylation sites is 1. The van der Waals surface area contributed by atoms with E-state index in [1.54, 1.807) is 41.8 Å². The smallest absolute Gasteiger partial charge is 0.279 e. The van der Waals surface area contributed by atoms with E-state index < -0.39 is 5.91 Å². The van der Waals surface area contributed by atoms with Gasteiger partial charge in [-0.1, -0.05) is 30.3 Å². The van der Waals surface area contributed by atoms with Crippen LogP contribution in [0.2, 0.25) is 0 Å². The maximum atomic E-state index is 12.2.